The number of nitrogens with one attached hydrogen (secondary N) is 1. The average Bonchev–Trinajstić information content (AvgIpc) is 2.54. The second kappa shape index (κ2) is 6.21. The SMILES string of the molecule is CC1CC2CCCC(C(=O)/C=C3\NC(C)(C)Cc4ccc(F)cc43)(C1)C2. The number of carbonyl (C=O) groups excluding carboxylic acids is 1. The van der Waals surface area contributed by atoms with Crippen molar-refractivity contribution < 1.29 is 9.18 Å². The van der Waals surface area contributed by atoms with E-state index in [-0.39, 0.29) is 22.6 Å². The molecule has 1 aliphatic heterocycles. The fraction of sp³-hybridized carbons (Fsp3) is 0.609. The maximum atomic E-state index is 13.9. The van der Waals surface area contributed by atoms with Crippen LogP contribution in [0.2, 0.25) is 0 Å². The summed E-state index contributed by atoms with van der Waals surface area (Å²) >= 11 is 0. The van der Waals surface area contributed by atoms with E-state index >= 15 is 0 Å². The third-order valence-electron chi connectivity index (χ3n) is 6.69. The molecule has 3 aliphatic rings. The average molecular weight is 355 g/mol. The van der Waals surface area contributed by atoms with Gasteiger partial charge in [0.15, 0.2) is 5.78 Å². The number of hydrogen-bond donors (Lipinski definition) is 1. The second-order valence-electron chi connectivity index (χ2n) is 9.70. The molecule has 3 heteroatoms. The van der Waals surface area contributed by atoms with E-state index < -0.39 is 0 Å². The molecule has 0 amide bonds. The maximum absolute atomic E-state index is 13.9. The van der Waals surface area contributed by atoms with Crippen LogP contribution in [0.5, 0.6) is 0 Å². The molecule has 3 unspecified atom stereocenters. The Balaban J connectivity index is 1.71. The van der Waals surface area contributed by atoms with Gasteiger partial charge in [0.05, 0.1) is 0 Å². The molecule has 0 spiro atoms. The first-order valence-corrected chi connectivity index (χ1v) is 10.1. The van der Waals surface area contributed by atoms with E-state index in [1.807, 2.05) is 6.07 Å². The number of ketones is 1. The van der Waals surface area contributed by atoms with Crippen LogP contribution in [0.15, 0.2) is 24.3 Å². The third kappa shape index (κ3) is 3.21. The van der Waals surface area contributed by atoms with Gasteiger partial charge in [-0.15, -0.1) is 0 Å². The normalized spacial score (nSPS) is 34.1. The molecule has 1 N–H and O–H groups in total. The first kappa shape index (κ1) is 17.8. The highest BCUT2D eigenvalue weighted by Crippen LogP contribution is 2.52. The van der Waals surface area contributed by atoms with E-state index in [4.69, 9.17) is 0 Å². The Bertz CT molecular complexity index is 761. The van der Waals surface area contributed by atoms with Gasteiger partial charge < -0.3 is 5.32 Å². The fourth-order valence-corrected chi connectivity index (χ4v) is 5.82. The van der Waals surface area contributed by atoms with Crippen LogP contribution >= 0.6 is 0 Å². The number of allylic oxidation sites excluding steroid dienone is 1. The minimum atomic E-state index is -0.245. The predicted molar refractivity (Wildman–Crippen MR) is 103 cm³/mol. The Morgan fingerprint density at radius 2 is 2.12 bits per heavy atom. The molecule has 0 radical (unpaired) electrons. The van der Waals surface area contributed by atoms with Crippen molar-refractivity contribution >= 4 is 11.5 Å². The van der Waals surface area contributed by atoms with E-state index in [0.717, 1.165) is 48.9 Å². The molecule has 3 atom stereocenters. The summed E-state index contributed by atoms with van der Waals surface area (Å²) in [6.45, 7) is 6.56. The van der Waals surface area contributed by atoms with Crippen molar-refractivity contribution in [1.82, 2.24) is 5.32 Å². The summed E-state index contributed by atoms with van der Waals surface area (Å²) < 4.78 is 13.9. The van der Waals surface area contributed by atoms with E-state index in [9.17, 15) is 9.18 Å². The lowest BCUT2D eigenvalue weighted by Gasteiger charge is -2.46. The van der Waals surface area contributed by atoms with Crippen molar-refractivity contribution in [3.05, 3.63) is 41.2 Å². The molecule has 4 rings (SSSR count). The molecule has 26 heavy (non-hydrogen) atoms. The monoisotopic (exact) mass is 355 g/mol. The highest BCUT2D eigenvalue weighted by molar-refractivity contribution is 6.01. The molecule has 1 aromatic carbocycles. The summed E-state index contributed by atoms with van der Waals surface area (Å²) in [5.74, 6) is 1.34. The van der Waals surface area contributed by atoms with Crippen LogP contribution in [0.4, 0.5) is 4.39 Å². The molecule has 1 aromatic rings. The molecule has 2 nitrogen and oxygen atoms in total. The van der Waals surface area contributed by atoms with Gasteiger partial charge in [-0.25, -0.2) is 4.39 Å². The van der Waals surface area contributed by atoms with Crippen LogP contribution < -0.4 is 5.32 Å². The molecular formula is C23H30FNO. The van der Waals surface area contributed by atoms with Crippen molar-refractivity contribution in [2.24, 2.45) is 17.3 Å². The highest BCUT2D eigenvalue weighted by Gasteiger charge is 2.46. The number of rotatable bonds is 2. The Labute approximate surface area is 156 Å². The van der Waals surface area contributed by atoms with Crippen molar-refractivity contribution in [2.45, 2.75) is 71.3 Å². The van der Waals surface area contributed by atoms with Crippen molar-refractivity contribution in [3.63, 3.8) is 0 Å². The third-order valence-corrected chi connectivity index (χ3v) is 6.69. The molecule has 1 heterocycles. The summed E-state index contributed by atoms with van der Waals surface area (Å²) in [7, 11) is 0. The number of benzene rings is 1. The van der Waals surface area contributed by atoms with Crippen LogP contribution in [0.1, 0.15) is 70.4 Å². The van der Waals surface area contributed by atoms with E-state index in [0.29, 0.717) is 11.8 Å². The van der Waals surface area contributed by atoms with Gasteiger partial charge in [-0.3, -0.25) is 4.79 Å². The van der Waals surface area contributed by atoms with Crippen LogP contribution in [0.25, 0.3) is 5.70 Å². The largest absolute Gasteiger partial charge is 0.379 e. The lowest BCUT2D eigenvalue weighted by Crippen LogP contribution is -2.45. The van der Waals surface area contributed by atoms with Gasteiger partial charge in [0, 0.05) is 28.3 Å². The van der Waals surface area contributed by atoms with Crippen LogP contribution in [0, 0.1) is 23.1 Å². The molecule has 0 saturated heterocycles. The van der Waals surface area contributed by atoms with Crippen molar-refractivity contribution in [2.75, 3.05) is 0 Å². The number of fused-ring (bicyclic) bond motifs is 3. The molecule has 0 aromatic heterocycles. The molecular weight excluding hydrogens is 325 g/mol. The van der Waals surface area contributed by atoms with Gasteiger partial charge in [0.1, 0.15) is 5.82 Å². The smallest absolute Gasteiger partial charge is 0.163 e. The van der Waals surface area contributed by atoms with Gasteiger partial charge in [0.2, 0.25) is 0 Å². The van der Waals surface area contributed by atoms with Gasteiger partial charge in [-0.2, -0.15) is 0 Å². The second-order valence-corrected chi connectivity index (χ2v) is 9.70. The van der Waals surface area contributed by atoms with Gasteiger partial charge in [-0.05, 0) is 75.5 Å². The van der Waals surface area contributed by atoms with Crippen molar-refractivity contribution in [1.29, 1.82) is 0 Å². The minimum Gasteiger partial charge on any atom is -0.379 e. The van der Waals surface area contributed by atoms with Gasteiger partial charge in [-0.1, -0.05) is 25.8 Å². The van der Waals surface area contributed by atoms with Crippen LogP contribution in [-0.2, 0) is 11.2 Å². The molecule has 2 saturated carbocycles. The molecule has 2 bridgehead atoms. The Hall–Kier alpha value is -1.64. The quantitative estimate of drug-likeness (QED) is 0.733. The van der Waals surface area contributed by atoms with Gasteiger partial charge in [0.25, 0.3) is 0 Å². The Morgan fingerprint density at radius 1 is 1.31 bits per heavy atom. The number of hydrogen-bond acceptors (Lipinski definition) is 2. The summed E-state index contributed by atoms with van der Waals surface area (Å²) in [6, 6.07) is 4.96. The number of carbonyl (C=O) groups is 1. The molecule has 2 fully saturated rings. The lowest BCUT2D eigenvalue weighted by molar-refractivity contribution is -0.130. The lowest BCUT2D eigenvalue weighted by atomic mass is 9.57. The summed E-state index contributed by atoms with van der Waals surface area (Å²) in [4.78, 5) is 13.4. The Morgan fingerprint density at radius 3 is 2.92 bits per heavy atom. The van der Waals surface area contributed by atoms with E-state index in [2.05, 4.69) is 26.1 Å². The van der Waals surface area contributed by atoms with E-state index in [1.165, 1.54) is 18.9 Å². The topological polar surface area (TPSA) is 29.1 Å². The van der Waals surface area contributed by atoms with Gasteiger partial charge >= 0.3 is 0 Å². The maximum Gasteiger partial charge on any atom is 0.163 e. The summed E-state index contributed by atoms with van der Waals surface area (Å²) in [6.07, 6.45) is 9.40. The predicted octanol–water partition coefficient (Wildman–Crippen LogP) is 5.27. The zero-order valence-corrected chi connectivity index (χ0v) is 16.2. The highest BCUT2D eigenvalue weighted by atomic mass is 19.1. The zero-order valence-electron chi connectivity index (χ0n) is 16.2. The first-order chi connectivity index (χ1) is 12.3. The summed E-state index contributed by atoms with van der Waals surface area (Å²) in [5.41, 5.74) is 2.44. The zero-order chi connectivity index (χ0) is 18.5. The molecule has 2 aliphatic carbocycles. The first-order valence-electron chi connectivity index (χ1n) is 10.1. The molecule has 140 valence electrons. The fourth-order valence-electron chi connectivity index (χ4n) is 5.82. The van der Waals surface area contributed by atoms with Crippen LogP contribution in [-0.4, -0.2) is 11.3 Å². The standard InChI is InChI=1S/C23H30FNO/c1-15-9-16-5-4-8-23(12-15,13-16)21(26)11-20-19-10-18(24)7-6-17(19)14-22(2,3)25-20/h6-7,10-11,15-16,25H,4-5,8-9,12-14H2,1-3H3/b20-11-. The summed E-state index contributed by atoms with van der Waals surface area (Å²) in [5, 5.41) is 3.50. The minimum absolute atomic E-state index is 0.135. The Kier molecular flexibility index (Phi) is 4.24. The van der Waals surface area contributed by atoms with E-state index in [1.54, 1.807) is 12.1 Å². The van der Waals surface area contributed by atoms with Crippen LogP contribution in [0.3, 0.4) is 0 Å². The number of halogens is 1. The van der Waals surface area contributed by atoms with Crippen molar-refractivity contribution in [3.8, 4) is 0 Å².